The molecule has 0 spiro atoms. The van der Waals surface area contributed by atoms with Crippen molar-refractivity contribution in [1.82, 2.24) is 25.1 Å². The number of carbonyl (C=O) groups is 1. The van der Waals surface area contributed by atoms with Crippen molar-refractivity contribution in [3.8, 4) is 6.01 Å². The van der Waals surface area contributed by atoms with E-state index in [1.54, 1.807) is 0 Å². The normalized spacial score (nSPS) is 18.0. The number of nitrogens with zero attached hydrogens (tertiary/aromatic N) is 4. The first-order valence-corrected chi connectivity index (χ1v) is 7.90. The van der Waals surface area contributed by atoms with Crippen LogP contribution in [-0.4, -0.2) is 51.2 Å². The quantitative estimate of drug-likeness (QED) is 0.930. The van der Waals surface area contributed by atoms with Crippen LogP contribution in [0.25, 0.3) is 0 Å². The third-order valence-electron chi connectivity index (χ3n) is 4.31. The van der Waals surface area contributed by atoms with Gasteiger partial charge in [-0.3, -0.25) is 9.89 Å². The fourth-order valence-electron chi connectivity index (χ4n) is 3.07. The van der Waals surface area contributed by atoms with E-state index in [0.29, 0.717) is 18.0 Å². The first-order chi connectivity index (χ1) is 11.2. The van der Waals surface area contributed by atoms with Gasteiger partial charge in [0.2, 0.25) is 0 Å². The van der Waals surface area contributed by atoms with E-state index >= 15 is 0 Å². The lowest BCUT2D eigenvalue weighted by atomic mass is 9.91. The maximum Gasteiger partial charge on any atom is 0.316 e. The molecular weight excluding hydrogens is 294 g/mol. The molecule has 7 heteroatoms. The van der Waals surface area contributed by atoms with Crippen LogP contribution in [0.15, 0.2) is 18.6 Å². The fourth-order valence-corrected chi connectivity index (χ4v) is 3.07. The minimum absolute atomic E-state index is 0.0325. The van der Waals surface area contributed by atoms with Crippen molar-refractivity contribution in [2.75, 3.05) is 20.2 Å². The van der Waals surface area contributed by atoms with Gasteiger partial charge in [-0.25, -0.2) is 9.97 Å². The summed E-state index contributed by atoms with van der Waals surface area (Å²) in [6.07, 6.45) is 7.92. The number of carbonyl (C=O) groups excluding carboxylic acids is 1. The molecule has 122 valence electrons. The average Bonchev–Trinajstić information content (AvgIpc) is 3.10. The SMILES string of the molecule is CCc1cn[nH]c1C1CCCN(C(=O)c2cnc(OC)nc2)C1. The highest BCUT2D eigenvalue weighted by molar-refractivity contribution is 5.93. The van der Waals surface area contributed by atoms with Gasteiger partial charge in [0.1, 0.15) is 0 Å². The molecule has 1 unspecified atom stereocenters. The zero-order chi connectivity index (χ0) is 16.2. The van der Waals surface area contributed by atoms with E-state index in [1.165, 1.54) is 25.1 Å². The van der Waals surface area contributed by atoms with Crippen LogP contribution >= 0.6 is 0 Å². The summed E-state index contributed by atoms with van der Waals surface area (Å²) in [6.45, 7) is 3.58. The molecular formula is C16H21N5O2. The van der Waals surface area contributed by atoms with Crippen LogP contribution in [-0.2, 0) is 6.42 Å². The van der Waals surface area contributed by atoms with Gasteiger partial charge < -0.3 is 9.64 Å². The third-order valence-corrected chi connectivity index (χ3v) is 4.31. The number of aryl methyl sites for hydroxylation is 1. The molecule has 7 nitrogen and oxygen atoms in total. The molecule has 0 radical (unpaired) electrons. The van der Waals surface area contributed by atoms with Gasteiger partial charge in [0, 0.05) is 37.1 Å². The van der Waals surface area contributed by atoms with Crippen molar-refractivity contribution in [1.29, 1.82) is 0 Å². The Morgan fingerprint density at radius 2 is 2.17 bits per heavy atom. The van der Waals surface area contributed by atoms with Crippen LogP contribution < -0.4 is 4.74 Å². The number of aromatic nitrogens is 4. The first-order valence-electron chi connectivity index (χ1n) is 7.90. The maximum absolute atomic E-state index is 12.6. The molecule has 1 saturated heterocycles. The summed E-state index contributed by atoms with van der Waals surface area (Å²) in [5.41, 5.74) is 2.89. The van der Waals surface area contributed by atoms with Crippen molar-refractivity contribution in [3.05, 3.63) is 35.4 Å². The molecule has 2 aromatic rings. The number of hydrogen-bond donors (Lipinski definition) is 1. The van der Waals surface area contributed by atoms with Crippen LogP contribution in [0.1, 0.15) is 47.3 Å². The van der Waals surface area contributed by atoms with Crippen molar-refractivity contribution < 1.29 is 9.53 Å². The van der Waals surface area contributed by atoms with Gasteiger partial charge in [-0.05, 0) is 24.8 Å². The molecule has 0 aromatic carbocycles. The van der Waals surface area contributed by atoms with Gasteiger partial charge in [0.05, 0.1) is 18.9 Å². The second kappa shape index (κ2) is 6.76. The van der Waals surface area contributed by atoms with E-state index in [4.69, 9.17) is 4.74 Å². The Balaban J connectivity index is 1.73. The minimum atomic E-state index is -0.0325. The van der Waals surface area contributed by atoms with Crippen LogP contribution in [0.4, 0.5) is 0 Å². The number of likely N-dealkylation sites (tertiary alicyclic amines) is 1. The Morgan fingerprint density at radius 3 is 2.87 bits per heavy atom. The maximum atomic E-state index is 12.6. The molecule has 3 heterocycles. The Bertz CT molecular complexity index is 667. The number of H-pyrrole nitrogens is 1. The monoisotopic (exact) mass is 315 g/mol. The molecule has 3 rings (SSSR count). The summed E-state index contributed by atoms with van der Waals surface area (Å²) in [4.78, 5) is 22.5. The summed E-state index contributed by atoms with van der Waals surface area (Å²) in [7, 11) is 1.50. The molecule has 1 atom stereocenters. The largest absolute Gasteiger partial charge is 0.467 e. The number of rotatable bonds is 4. The summed E-state index contributed by atoms with van der Waals surface area (Å²) in [5.74, 6) is 0.277. The zero-order valence-corrected chi connectivity index (χ0v) is 13.5. The lowest BCUT2D eigenvalue weighted by Gasteiger charge is -2.32. The molecule has 2 aromatic heterocycles. The molecule has 0 saturated carbocycles. The highest BCUT2D eigenvalue weighted by Gasteiger charge is 2.27. The second-order valence-corrected chi connectivity index (χ2v) is 5.71. The van der Waals surface area contributed by atoms with Gasteiger partial charge in [0.25, 0.3) is 5.91 Å². The standard InChI is InChI=1S/C16H21N5O2/c1-3-11-9-19-20-14(11)12-5-4-6-21(10-12)15(22)13-7-17-16(23-2)18-8-13/h7-9,12H,3-6,10H2,1-2H3,(H,19,20). The van der Waals surface area contributed by atoms with E-state index in [0.717, 1.165) is 31.5 Å². The second-order valence-electron chi connectivity index (χ2n) is 5.71. The van der Waals surface area contributed by atoms with Gasteiger partial charge in [-0.2, -0.15) is 5.10 Å². The molecule has 1 aliphatic rings. The van der Waals surface area contributed by atoms with Crippen molar-refractivity contribution >= 4 is 5.91 Å². The summed E-state index contributed by atoms with van der Waals surface area (Å²) in [5, 5.41) is 7.26. The van der Waals surface area contributed by atoms with E-state index in [-0.39, 0.29) is 11.9 Å². The lowest BCUT2D eigenvalue weighted by molar-refractivity contribution is 0.0704. The predicted octanol–water partition coefficient (Wildman–Crippen LogP) is 1.79. The molecule has 23 heavy (non-hydrogen) atoms. The van der Waals surface area contributed by atoms with Crippen LogP contribution in [0.3, 0.4) is 0 Å². The number of piperidine rings is 1. The third kappa shape index (κ3) is 3.18. The summed E-state index contributed by atoms with van der Waals surface area (Å²) < 4.78 is 4.93. The van der Waals surface area contributed by atoms with Gasteiger partial charge in [0.15, 0.2) is 0 Å². The van der Waals surface area contributed by atoms with E-state index in [1.807, 2.05) is 11.1 Å². The Labute approximate surface area is 135 Å². The number of amides is 1. The Hall–Kier alpha value is -2.44. The van der Waals surface area contributed by atoms with Crippen molar-refractivity contribution in [2.24, 2.45) is 0 Å². The van der Waals surface area contributed by atoms with E-state index < -0.39 is 0 Å². The molecule has 1 amide bonds. The zero-order valence-electron chi connectivity index (χ0n) is 13.5. The number of hydrogen-bond acceptors (Lipinski definition) is 5. The Kier molecular flexibility index (Phi) is 4.55. The molecule has 1 aliphatic heterocycles. The summed E-state index contributed by atoms with van der Waals surface area (Å²) in [6, 6.07) is 0.267. The highest BCUT2D eigenvalue weighted by atomic mass is 16.5. The van der Waals surface area contributed by atoms with Crippen LogP contribution in [0.2, 0.25) is 0 Å². The van der Waals surface area contributed by atoms with E-state index in [9.17, 15) is 4.79 Å². The van der Waals surface area contributed by atoms with E-state index in [2.05, 4.69) is 27.1 Å². The lowest BCUT2D eigenvalue weighted by Crippen LogP contribution is -2.39. The van der Waals surface area contributed by atoms with Crippen molar-refractivity contribution in [2.45, 2.75) is 32.1 Å². The number of ether oxygens (including phenoxy) is 1. The Morgan fingerprint density at radius 1 is 1.39 bits per heavy atom. The number of nitrogens with one attached hydrogen (secondary N) is 1. The smallest absolute Gasteiger partial charge is 0.316 e. The van der Waals surface area contributed by atoms with Gasteiger partial charge in [-0.15, -0.1) is 0 Å². The molecule has 1 N–H and O–H groups in total. The fraction of sp³-hybridized carbons (Fsp3) is 0.500. The topological polar surface area (TPSA) is 84.0 Å². The van der Waals surface area contributed by atoms with Gasteiger partial charge >= 0.3 is 6.01 Å². The molecule has 0 bridgehead atoms. The van der Waals surface area contributed by atoms with Crippen LogP contribution in [0, 0.1) is 0 Å². The number of aromatic amines is 1. The molecule has 0 aliphatic carbocycles. The predicted molar refractivity (Wildman–Crippen MR) is 84.4 cm³/mol. The van der Waals surface area contributed by atoms with Crippen LogP contribution in [0.5, 0.6) is 6.01 Å². The highest BCUT2D eigenvalue weighted by Crippen LogP contribution is 2.28. The molecule has 1 fully saturated rings. The first kappa shape index (κ1) is 15.5. The van der Waals surface area contributed by atoms with Crippen molar-refractivity contribution in [3.63, 3.8) is 0 Å². The van der Waals surface area contributed by atoms with Gasteiger partial charge in [-0.1, -0.05) is 6.92 Å². The summed E-state index contributed by atoms with van der Waals surface area (Å²) >= 11 is 0. The number of methoxy groups -OCH3 is 1. The average molecular weight is 315 g/mol. The minimum Gasteiger partial charge on any atom is -0.467 e.